The van der Waals surface area contributed by atoms with E-state index in [-0.39, 0.29) is 35.6 Å². The van der Waals surface area contributed by atoms with Crippen molar-refractivity contribution in [1.82, 2.24) is 4.90 Å². The van der Waals surface area contributed by atoms with E-state index in [1.165, 1.54) is 17.0 Å². The summed E-state index contributed by atoms with van der Waals surface area (Å²) in [5, 5.41) is 18.9. The monoisotopic (exact) mass is 295 g/mol. The highest BCUT2D eigenvalue weighted by molar-refractivity contribution is 6.16. The predicted molar refractivity (Wildman–Crippen MR) is 73.8 cm³/mol. The molecule has 0 bridgehead atoms. The summed E-state index contributed by atoms with van der Waals surface area (Å²) in [6, 6.07) is 7.44. The summed E-state index contributed by atoms with van der Waals surface area (Å²) in [6.45, 7) is 0.196. The van der Waals surface area contributed by atoms with E-state index in [0.717, 1.165) is 0 Å². The highest BCUT2D eigenvalue weighted by atomic mass is 35.5. The quantitative estimate of drug-likeness (QED) is 0.851. The van der Waals surface area contributed by atoms with Crippen molar-refractivity contribution in [3.05, 3.63) is 47.4 Å². The molecule has 0 unspecified atom stereocenters. The minimum absolute atomic E-state index is 0.0296. The molecule has 20 heavy (non-hydrogen) atoms. The van der Waals surface area contributed by atoms with Crippen molar-refractivity contribution >= 4 is 17.5 Å². The number of alkyl halides is 1. The maximum atomic E-state index is 12.1. The summed E-state index contributed by atoms with van der Waals surface area (Å²) in [7, 11) is 1.59. The summed E-state index contributed by atoms with van der Waals surface area (Å²) in [5.41, 5.74) is 0.530. The Morgan fingerprint density at radius 3 is 2.65 bits per heavy atom. The first kappa shape index (κ1) is 14.3. The Kier molecular flexibility index (Phi) is 4.20. The van der Waals surface area contributed by atoms with Gasteiger partial charge in [-0.25, -0.2) is 0 Å². The molecule has 0 fully saturated rings. The van der Waals surface area contributed by atoms with Crippen molar-refractivity contribution < 1.29 is 19.4 Å². The fraction of sp³-hybridized carbons (Fsp3) is 0.214. The van der Waals surface area contributed by atoms with Crippen LogP contribution in [0.5, 0.6) is 11.5 Å². The number of phenols is 2. The molecule has 2 N–H and O–H groups in total. The van der Waals surface area contributed by atoms with Crippen LogP contribution in [0.3, 0.4) is 0 Å². The molecule has 0 saturated heterocycles. The van der Waals surface area contributed by atoms with E-state index in [1.54, 1.807) is 25.2 Å². The molecule has 5 nitrogen and oxygen atoms in total. The van der Waals surface area contributed by atoms with Crippen LogP contribution in [-0.2, 0) is 12.4 Å². The van der Waals surface area contributed by atoms with Crippen LogP contribution >= 0.6 is 11.6 Å². The number of carbonyl (C=O) groups excluding carboxylic acids is 1. The van der Waals surface area contributed by atoms with Gasteiger partial charge in [-0.05, 0) is 24.3 Å². The Morgan fingerprint density at radius 2 is 2.05 bits per heavy atom. The highest BCUT2D eigenvalue weighted by Gasteiger charge is 2.17. The number of nitrogens with zero attached hydrogens (tertiary/aromatic N) is 1. The molecule has 0 atom stereocenters. The molecule has 0 radical (unpaired) electrons. The molecule has 1 aromatic heterocycles. The number of phenolic OH excluding ortho intramolecular Hbond substituents is 2. The second-order valence-electron chi connectivity index (χ2n) is 4.37. The zero-order valence-corrected chi connectivity index (χ0v) is 11.6. The van der Waals surface area contributed by atoms with Crippen molar-refractivity contribution in [3.8, 4) is 11.5 Å². The lowest BCUT2D eigenvalue weighted by atomic mass is 10.2. The summed E-state index contributed by atoms with van der Waals surface area (Å²) >= 11 is 5.61. The molecule has 106 valence electrons. The second kappa shape index (κ2) is 5.88. The Balaban J connectivity index is 2.11. The molecule has 0 aliphatic heterocycles. The van der Waals surface area contributed by atoms with Gasteiger partial charge >= 0.3 is 0 Å². The first-order chi connectivity index (χ1) is 9.51. The van der Waals surface area contributed by atoms with Gasteiger partial charge < -0.3 is 19.5 Å². The topological polar surface area (TPSA) is 73.9 Å². The SMILES string of the molecule is CN(Cc1ccc(O)cc1O)C(=O)c1ccc(CCl)o1. The molecule has 1 heterocycles. The number of amides is 1. The van der Waals surface area contributed by atoms with Crippen molar-refractivity contribution in [1.29, 1.82) is 0 Å². The Hall–Kier alpha value is -2.14. The van der Waals surface area contributed by atoms with Crippen LogP contribution in [-0.4, -0.2) is 28.1 Å². The molecule has 2 aromatic rings. The van der Waals surface area contributed by atoms with E-state index in [0.29, 0.717) is 11.3 Å². The van der Waals surface area contributed by atoms with Crippen LogP contribution in [0.2, 0.25) is 0 Å². The number of halogens is 1. The number of carbonyl (C=O) groups is 1. The van der Waals surface area contributed by atoms with Gasteiger partial charge in [0.05, 0.1) is 5.88 Å². The second-order valence-corrected chi connectivity index (χ2v) is 4.64. The van der Waals surface area contributed by atoms with Crippen molar-refractivity contribution in [2.24, 2.45) is 0 Å². The van der Waals surface area contributed by atoms with E-state index in [4.69, 9.17) is 16.0 Å². The Labute approximate surface area is 121 Å². The standard InChI is InChI=1S/C14H14ClNO4/c1-16(8-9-2-3-10(17)6-12(9)18)14(19)13-5-4-11(7-15)20-13/h2-6,17-18H,7-8H2,1H3. The van der Waals surface area contributed by atoms with Gasteiger partial charge in [0.15, 0.2) is 5.76 Å². The van der Waals surface area contributed by atoms with Gasteiger partial charge in [0.1, 0.15) is 17.3 Å². The third-order valence-corrected chi connectivity index (χ3v) is 3.09. The largest absolute Gasteiger partial charge is 0.508 e. The van der Waals surface area contributed by atoms with Crippen LogP contribution < -0.4 is 0 Å². The lowest BCUT2D eigenvalue weighted by molar-refractivity contribution is 0.0751. The summed E-state index contributed by atoms with van der Waals surface area (Å²) < 4.78 is 5.28. The minimum Gasteiger partial charge on any atom is -0.508 e. The van der Waals surface area contributed by atoms with Crippen LogP contribution in [0.15, 0.2) is 34.7 Å². The molecule has 6 heteroatoms. The number of hydrogen-bond donors (Lipinski definition) is 2. The molecule has 1 aromatic carbocycles. The zero-order valence-electron chi connectivity index (χ0n) is 10.8. The van der Waals surface area contributed by atoms with Gasteiger partial charge in [0, 0.05) is 25.2 Å². The fourth-order valence-corrected chi connectivity index (χ4v) is 1.91. The van der Waals surface area contributed by atoms with Crippen LogP contribution in [0.25, 0.3) is 0 Å². The van der Waals surface area contributed by atoms with Crippen molar-refractivity contribution in [3.63, 3.8) is 0 Å². The maximum absolute atomic E-state index is 12.1. The van der Waals surface area contributed by atoms with Crippen LogP contribution in [0, 0.1) is 0 Å². The first-order valence-electron chi connectivity index (χ1n) is 5.92. The van der Waals surface area contributed by atoms with Gasteiger partial charge in [-0.2, -0.15) is 0 Å². The molecule has 0 spiro atoms. The van der Waals surface area contributed by atoms with Crippen LogP contribution in [0.1, 0.15) is 21.9 Å². The van der Waals surface area contributed by atoms with E-state index in [2.05, 4.69) is 0 Å². The maximum Gasteiger partial charge on any atom is 0.289 e. The van der Waals surface area contributed by atoms with E-state index >= 15 is 0 Å². The average molecular weight is 296 g/mol. The van der Waals surface area contributed by atoms with Gasteiger partial charge in [0.25, 0.3) is 5.91 Å². The van der Waals surface area contributed by atoms with Crippen LogP contribution in [0.4, 0.5) is 0 Å². The Bertz CT molecular complexity index is 623. The Morgan fingerprint density at radius 1 is 1.30 bits per heavy atom. The van der Waals surface area contributed by atoms with E-state index in [1.807, 2.05) is 0 Å². The summed E-state index contributed by atoms with van der Waals surface area (Å²) in [4.78, 5) is 13.5. The lowest BCUT2D eigenvalue weighted by Gasteiger charge is -2.16. The summed E-state index contributed by atoms with van der Waals surface area (Å²) in [5.74, 6) is 0.519. The number of aromatic hydroxyl groups is 2. The van der Waals surface area contributed by atoms with E-state index < -0.39 is 0 Å². The molecule has 0 saturated carbocycles. The molecule has 0 aliphatic rings. The first-order valence-corrected chi connectivity index (χ1v) is 6.45. The van der Waals surface area contributed by atoms with Gasteiger partial charge in [-0.1, -0.05) is 0 Å². The van der Waals surface area contributed by atoms with Crippen molar-refractivity contribution in [2.75, 3.05) is 7.05 Å². The molecule has 1 amide bonds. The highest BCUT2D eigenvalue weighted by Crippen LogP contribution is 2.24. The molecule has 0 aliphatic carbocycles. The third-order valence-electron chi connectivity index (χ3n) is 2.83. The number of rotatable bonds is 4. The van der Waals surface area contributed by atoms with Gasteiger partial charge in [-0.15, -0.1) is 11.6 Å². The molecular weight excluding hydrogens is 282 g/mol. The normalized spacial score (nSPS) is 10.5. The smallest absolute Gasteiger partial charge is 0.289 e. The fourth-order valence-electron chi connectivity index (χ4n) is 1.77. The lowest BCUT2D eigenvalue weighted by Crippen LogP contribution is -2.25. The average Bonchev–Trinajstić information content (AvgIpc) is 2.89. The van der Waals surface area contributed by atoms with Crippen molar-refractivity contribution in [2.45, 2.75) is 12.4 Å². The zero-order chi connectivity index (χ0) is 14.7. The minimum atomic E-state index is -0.311. The molecule has 2 rings (SSSR count). The van der Waals surface area contributed by atoms with Gasteiger partial charge in [-0.3, -0.25) is 4.79 Å². The van der Waals surface area contributed by atoms with E-state index in [9.17, 15) is 15.0 Å². The van der Waals surface area contributed by atoms with Gasteiger partial charge in [0.2, 0.25) is 0 Å². The number of furan rings is 1. The third kappa shape index (κ3) is 3.05. The molecular formula is C14H14ClNO4. The predicted octanol–water partition coefficient (Wildman–Crippen LogP) is 2.70. The number of benzene rings is 1. The number of hydrogen-bond acceptors (Lipinski definition) is 4. The summed E-state index contributed by atoms with van der Waals surface area (Å²) in [6.07, 6.45) is 0.